The Morgan fingerprint density at radius 3 is 2.25 bits per heavy atom. The predicted molar refractivity (Wildman–Crippen MR) is 88.4 cm³/mol. The highest BCUT2D eigenvalue weighted by atomic mass is 15.0. The molecule has 2 aliphatic carbocycles. The summed E-state index contributed by atoms with van der Waals surface area (Å²) in [6, 6.07) is 0.715. The fourth-order valence-corrected chi connectivity index (χ4v) is 3.69. The maximum Gasteiger partial charge on any atom is 0.0967 e. The molecule has 2 fully saturated rings. The molecule has 0 amide bonds. The van der Waals surface area contributed by atoms with Gasteiger partial charge in [0.1, 0.15) is 0 Å². The summed E-state index contributed by atoms with van der Waals surface area (Å²) in [4.78, 5) is 4.91. The van der Waals surface area contributed by atoms with Gasteiger partial charge in [0.25, 0.3) is 0 Å². The van der Waals surface area contributed by atoms with Gasteiger partial charge < -0.3 is 5.32 Å². The van der Waals surface area contributed by atoms with Crippen LogP contribution in [0.5, 0.6) is 0 Å². The van der Waals surface area contributed by atoms with Gasteiger partial charge in [0.2, 0.25) is 0 Å². The van der Waals surface area contributed by atoms with E-state index in [1.54, 1.807) is 0 Å². The first-order valence-corrected chi connectivity index (χ1v) is 9.18. The molecule has 0 radical (unpaired) electrons. The molecule has 2 aliphatic rings. The number of nitrogens with zero attached hydrogens (tertiary/aromatic N) is 1. The van der Waals surface area contributed by atoms with Gasteiger partial charge in [0, 0.05) is 19.0 Å². The fraction of sp³-hybridized carbons (Fsp3) is 0.944. The van der Waals surface area contributed by atoms with Crippen LogP contribution in [0.4, 0.5) is 0 Å². The summed E-state index contributed by atoms with van der Waals surface area (Å²) in [5.74, 6) is 2.25. The average Bonchev–Trinajstić information content (AvgIpc) is 2.49. The Kier molecular flexibility index (Phi) is 7.46. The summed E-state index contributed by atoms with van der Waals surface area (Å²) in [5.41, 5.74) is 0. The molecule has 20 heavy (non-hydrogen) atoms. The molecule has 2 rings (SSSR count). The molecular weight excluding hydrogens is 244 g/mol. The lowest BCUT2D eigenvalue weighted by Crippen LogP contribution is -2.37. The second-order valence-corrected chi connectivity index (χ2v) is 6.87. The number of unbranched alkanes of at least 4 members (excludes halogenated alkanes) is 1. The second-order valence-electron chi connectivity index (χ2n) is 6.87. The van der Waals surface area contributed by atoms with Crippen LogP contribution < -0.4 is 5.32 Å². The molecule has 0 bridgehead atoms. The molecule has 0 heterocycles. The van der Waals surface area contributed by atoms with Crippen molar-refractivity contribution in [2.45, 2.75) is 96.4 Å². The molecule has 1 N–H and O–H groups in total. The molecule has 2 saturated carbocycles. The Morgan fingerprint density at radius 1 is 0.950 bits per heavy atom. The molecule has 0 saturated heterocycles. The molecule has 0 spiro atoms. The maximum absolute atomic E-state index is 4.91. The highest BCUT2D eigenvalue weighted by molar-refractivity contribution is 5.82. The zero-order chi connectivity index (χ0) is 14.0. The van der Waals surface area contributed by atoms with Crippen molar-refractivity contribution < 1.29 is 0 Å². The Balaban J connectivity index is 1.83. The number of aliphatic imine (C=N–C) groups is 1. The topological polar surface area (TPSA) is 24.4 Å². The van der Waals surface area contributed by atoms with Gasteiger partial charge in [-0.05, 0) is 25.2 Å². The summed E-state index contributed by atoms with van der Waals surface area (Å²) in [6.07, 6.45) is 17.9. The smallest absolute Gasteiger partial charge is 0.0967 e. The van der Waals surface area contributed by atoms with Crippen LogP contribution in [-0.4, -0.2) is 18.4 Å². The normalized spacial score (nSPS) is 22.9. The van der Waals surface area contributed by atoms with Crippen LogP contribution >= 0.6 is 0 Å². The molecule has 0 aromatic heterocycles. The highest BCUT2D eigenvalue weighted by Gasteiger charge is 2.19. The SMILES string of the molecule is CCCCN=C(CC1CCCCC1)NC1CCCCC1. The third kappa shape index (κ3) is 5.85. The number of nitrogens with one attached hydrogen (secondary N) is 1. The van der Waals surface area contributed by atoms with Crippen LogP contribution in [0.1, 0.15) is 90.4 Å². The van der Waals surface area contributed by atoms with Crippen molar-refractivity contribution in [2.75, 3.05) is 6.54 Å². The Morgan fingerprint density at radius 2 is 1.60 bits per heavy atom. The van der Waals surface area contributed by atoms with Gasteiger partial charge in [-0.2, -0.15) is 0 Å². The van der Waals surface area contributed by atoms with Gasteiger partial charge in [-0.25, -0.2) is 0 Å². The zero-order valence-electron chi connectivity index (χ0n) is 13.5. The Bertz CT molecular complexity index is 251. The van der Waals surface area contributed by atoms with E-state index in [2.05, 4.69) is 12.2 Å². The number of rotatable bonds is 6. The largest absolute Gasteiger partial charge is 0.371 e. The van der Waals surface area contributed by atoms with Gasteiger partial charge in [0.15, 0.2) is 0 Å². The van der Waals surface area contributed by atoms with Gasteiger partial charge in [0.05, 0.1) is 5.84 Å². The number of amidine groups is 1. The minimum Gasteiger partial charge on any atom is -0.371 e. The van der Waals surface area contributed by atoms with E-state index in [1.807, 2.05) is 0 Å². The molecule has 2 heteroatoms. The zero-order valence-corrected chi connectivity index (χ0v) is 13.5. The lowest BCUT2D eigenvalue weighted by Gasteiger charge is -2.28. The lowest BCUT2D eigenvalue weighted by molar-refractivity contribution is 0.359. The lowest BCUT2D eigenvalue weighted by atomic mass is 9.86. The molecular formula is C18H34N2. The van der Waals surface area contributed by atoms with Crippen LogP contribution in [-0.2, 0) is 0 Å². The Labute approximate surface area is 125 Å². The van der Waals surface area contributed by atoms with Crippen molar-refractivity contribution in [3.05, 3.63) is 0 Å². The van der Waals surface area contributed by atoms with E-state index in [1.165, 1.54) is 89.3 Å². The molecule has 0 atom stereocenters. The predicted octanol–water partition coefficient (Wildman–Crippen LogP) is 5.08. The average molecular weight is 278 g/mol. The fourth-order valence-electron chi connectivity index (χ4n) is 3.69. The van der Waals surface area contributed by atoms with Crippen molar-refractivity contribution in [1.82, 2.24) is 5.32 Å². The van der Waals surface area contributed by atoms with E-state index in [0.29, 0.717) is 6.04 Å². The third-order valence-electron chi connectivity index (χ3n) is 5.00. The first-order valence-electron chi connectivity index (χ1n) is 9.18. The third-order valence-corrected chi connectivity index (χ3v) is 5.00. The minimum absolute atomic E-state index is 0.715. The van der Waals surface area contributed by atoms with Crippen molar-refractivity contribution >= 4 is 5.84 Å². The van der Waals surface area contributed by atoms with Crippen LogP contribution in [0.2, 0.25) is 0 Å². The first kappa shape index (κ1) is 15.9. The van der Waals surface area contributed by atoms with Crippen molar-refractivity contribution in [3.8, 4) is 0 Å². The van der Waals surface area contributed by atoms with Crippen molar-refractivity contribution in [3.63, 3.8) is 0 Å². The van der Waals surface area contributed by atoms with E-state index in [4.69, 9.17) is 4.99 Å². The molecule has 0 unspecified atom stereocenters. The summed E-state index contributed by atoms with van der Waals surface area (Å²) >= 11 is 0. The van der Waals surface area contributed by atoms with Crippen LogP contribution in [0.25, 0.3) is 0 Å². The van der Waals surface area contributed by atoms with E-state index in [-0.39, 0.29) is 0 Å². The molecule has 116 valence electrons. The Hall–Kier alpha value is -0.530. The maximum atomic E-state index is 4.91. The summed E-state index contributed by atoms with van der Waals surface area (Å²) in [5, 5.41) is 3.81. The van der Waals surface area contributed by atoms with E-state index in [0.717, 1.165) is 12.5 Å². The second kappa shape index (κ2) is 9.41. The van der Waals surface area contributed by atoms with Crippen molar-refractivity contribution in [2.24, 2.45) is 10.9 Å². The minimum atomic E-state index is 0.715. The highest BCUT2D eigenvalue weighted by Crippen LogP contribution is 2.27. The molecule has 0 aromatic carbocycles. The van der Waals surface area contributed by atoms with Gasteiger partial charge in [-0.3, -0.25) is 4.99 Å². The summed E-state index contributed by atoms with van der Waals surface area (Å²) in [6.45, 7) is 3.28. The molecule has 2 nitrogen and oxygen atoms in total. The first-order chi connectivity index (χ1) is 9.88. The summed E-state index contributed by atoms with van der Waals surface area (Å²) in [7, 11) is 0. The van der Waals surface area contributed by atoms with Crippen LogP contribution in [0.3, 0.4) is 0 Å². The molecule has 0 aromatic rings. The van der Waals surface area contributed by atoms with E-state index in [9.17, 15) is 0 Å². The van der Waals surface area contributed by atoms with Crippen LogP contribution in [0, 0.1) is 5.92 Å². The number of hydrogen-bond donors (Lipinski definition) is 1. The number of hydrogen-bond acceptors (Lipinski definition) is 1. The molecule has 0 aliphatic heterocycles. The van der Waals surface area contributed by atoms with E-state index >= 15 is 0 Å². The van der Waals surface area contributed by atoms with Gasteiger partial charge in [-0.1, -0.05) is 64.7 Å². The quantitative estimate of drug-likeness (QED) is 0.409. The van der Waals surface area contributed by atoms with Crippen molar-refractivity contribution in [1.29, 1.82) is 0 Å². The monoisotopic (exact) mass is 278 g/mol. The van der Waals surface area contributed by atoms with Gasteiger partial charge >= 0.3 is 0 Å². The van der Waals surface area contributed by atoms with Crippen LogP contribution in [0.15, 0.2) is 4.99 Å². The van der Waals surface area contributed by atoms with E-state index < -0.39 is 0 Å². The standard InChI is InChI=1S/C18H34N2/c1-2-3-14-19-18(15-16-10-6-4-7-11-16)20-17-12-8-5-9-13-17/h16-17H,2-15H2,1H3,(H,19,20). The summed E-state index contributed by atoms with van der Waals surface area (Å²) < 4.78 is 0. The van der Waals surface area contributed by atoms with Gasteiger partial charge in [-0.15, -0.1) is 0 Å².